The Kier molecular flexibility index (Phi) is 6.75. The summed E-state index contributed by atoms with van der Waals surface area (Å²) in [5, 5.41) is 0. The average molecular weight is 415 g/mol. The standard InChI is InChI=1S/C30H54/c1-20(2)24(21(3)4)13-11-22(5)26-15-16-27-25-14-12-23-10-8-9-18-29(23,6)28(25)17-19-30(26,27)7/h20-28H,8-19H2,1-7H3/t22-,23?,25+,26-,27+,28+,29+,30-/m1/s1. The minimum absolute atomic E-state index is 0.656. The fourth-order valence-electron chi connectivity index (χ4n) is 10.4. The lowest BCUT2D eigenvalue weighted by Crippen LogP contribution is -2.53. The molecule has 0 radical (unpaired) electrons. The zero-order valence-electron chi connectivity index (χ0n) is 21.7. The number of hydrogen-bond acceptors (Lipinski definition) is 0. The largest absolute Gasteiger partial charge is 0.0625 e. The first-order valence-corrected chi connectivity index (χ1v) is 14.2. The Labute approximate surface area is 189 Å². The predicted octanol–water partition coefficient (Wildman–Crippen LogP) is 9.38. The third-order valence-corrected chi connectivity index (χ3v) is 12.0. The van der Waals surface area contributed by atoms with Crippen LogP contribution in [-0.4, -0.2) is 0 Å². The first-order chi connectivity index (χ1) is 14.2. The maximum absolute atomic E-state index is 2.76. The van der Waals surface area contributed by atoms with Crippen LogP contribution in [0, 0.1) is 64.1 Å². The Bertz CT molecular complexity index is 567. The Morgan fingerprint density at radius 1 is 0.667 bits per heavy atom. The molecule has 4 saturated carbocycles. The molecule has 30 heavy (non-hydrogen) atoms. The van der Waals surface area contributed by atoms with Crippen molar-refractivity contribution in [1.82, 2.24) is 0 Å². The SMILES string of the molecule is CC(C)C(CC[C@@H](C)[C@H]1CC[C@H]2[C@@H]3CCC4CCCC[C@]4(C)[C@H]3CC[C@]12C)C(C)C. The van der Waals surface area contributed by atoms with Gasteiger partial charge in [0.25, 0.3) is 0 Å². The second-order valence-corrected chi connectivity index (χ2v) is 13.8. The zero-order chi connectivity index (χ0) is 21.7. The molecular formula is C30H54. The Morgan fingerprint density at radius 3 is 2.07 bits per heavy atom. The average Bonchev–Trinajstić information content (AvgIpc) is 3.04. The second kappa shape index (κ2) is 8.74. The molecule has 8 atom stereocenters. The molecule has 0 heteroatoms. The molecule has 0 aromatic carbocycles. The van der Waals surface area contributed by atoms with Crippen LogP contribution in [-0.2, 0) is 0 Å². The van der Waals surface area contributed by atoms with E-state index in [-0.39, 0.29) is 0 Å². The van der Waals surface area contributed by atoms with E-state index in [2.05, 4.69) is 48.5 Å². The lowest BCUT2D eigenvalue weighted by atomic mass is 9.44. The van der Waals surface area contributed by atoms with E-state index in [1.165, 1.54) is 25.7 Å². The lowest BCUT2D eigenvalue weighted by molar-refractivity contribution is -0.114. The molecule has 0 N–H and O–H groups in total. The Morgan fingerprint density at radius 2 is 1.37 bits per heavy atom. The van der Waals surface area contributed by atoms with E-state index < -0.39 is 0 Å². The third kappa shape index (κ3) is 3.83. The molecule has 1 unspecified atom stereocenters. The van der Waals surface area contributed by atoms with Gasteiger partial charge in [-0.3, -0.25) is 0 Å². The molecule has 4 aliphatic rings. The summed E-state index contributed by atoms with van der Waals surface area (Å²) < 4.78 is 0. The van der Waals surface area contributed by atoms with E-state index in [0.29, 0.717) is 10.8 Å². The fourth-order valence-corrected chi connectivity index (χ4v) is 10.4. The highest BCUT2D eigenvalue weighted by atomic mass is 14.6. The molecule has 4 fully saturated rings. The molecular weight excluding hydrogens is 360 g/mol. The van der Waals surface area contributed by atoms with E-state index >= 15 is 0 Å². The summed E-state index contributed by atoms with van der Waals surface area (Å²) >= 11 is 0. The van der Waals surface area contributed by atoms with E-state index in [1.807, 2.05) is 0 Å². The molecule has 174 valence electrons. The summed E-state index contributed by atoms with van der Waals surface area (Å²) in [6.07, 6.45) is 18.4. The highest BCUT2D eigenvalue weighted by molar-refractivity contribution is 5.09. The summed E-state index contributed by atoms with van der Waals surface area (Å²) in [5.41, 5.74) is 1.36. The van der Waals surface area contributed by atoms with Gasteiger partial charge in [0.2, 0.25) is 0 Å². The van der Waals surface area contributed by atoms with Crippen LogP contribution in [0.25, 0.3) is 0 Å². The summed E-state index contributed by atoms with van der Waals surface area (Å²) in [6.45, 7) is 17.9. The van der Waals surface area contributed by atoms with Crippen LogP contribution in [0.4, 0.5) is 0 Å². The van der Waals surface area contributed by atoms with Crippen molar-refractivity contribution in [3.63, 3.8) is 0 Å². The zero-order valence-corrected chi connectivity index (χ0v) is 21.7. The van der Waals surface area contributed by atoms with Crippen LogP contribution < -0.4 is 0 Å². The van der Waals surface area contributed by atoms with Crippen molar-refractivity contribution < 1.29 is 0 Å². The van der Waals surface area contributed by atoms with Crippen molar-refractivity contribution in [2.45, 2.75) is 126 Å². The fraction of sp³-hybridized carbons (Fsp3) is 1.00. The van der Waals surface area contributed by atoms with Crippen molar-refractivity contribution in [2.75, 3.05) is 0 Å². The Hall–Kier alpha value is 0. The van der Waals surface area contributed by atoms with Gasteiger partial charge in [0.15, 0.2) is 0 Å². The van der Waals surface area contributed by atoms with Gasteiger partial charge < -0.3 is 0 Å². The van der Waals surface area contributed by atoms with Gasteiger partial charge in [0, 0.05) is 0 Å². The van der Waals surface area contributed by atoms with E-state index in [4.69, 9.17) is 0 Å². The molecule has 0 heterocycles. The molecule has 0 amide bonds. The van der Waals surface area contributed by atoms with Gasteiger partial charge in [0.05, 0.1) is 0 Å². The molecule has 0 saturated heterocycles. The van der Waals surface area contributed by atoms with Crippen molar-refractivity contribution in [3.8, 4) is 0 Å². The highest BCUT2D eigenvalue weighted by Crippen LogP contribution is 2.68. The van der Waals surface area contributed by atoms with Gasteiger partial charge in [-0.25, -0.2) is 0 Å². The summed E-state index contributed by atoms with van der Waals surface area (Å²) in [5.74, 6) is 8.77. The van der Waals surface area contributed by atoms with Gasteiger partial charge in [-0.2, -0.15) is 0 Å². The van der Waals surface area contributed by atoms with Crippen molar-refractivity contribution in [2.24, 2.45) is 64.1 Å². The molecule has 4 rings (SSSR count). The van der Waals surface area contributed by atoms with Gasteiger partial charge in [0.1, 0.15) is 0 Å². The first kappa shape index (κ1) is 23.2. The second-order valence-electron chi connectivity index (χ2n) is 13.8. The van der Waals surface area contributed by atoms with Crippen molar-refractivity contribution >= 4 is 0 Å². The quantitative estimate of drug-likeness (QED) is 0.406. The van der Waals surface area contributed by atoms with E-state index in [1.54, 1.807) is 51.4 Å². The first-order valence-electron chi connectivity index (χ1n) is 14.2. The van der Waals surface area contributed by atoms with Gasteiger partial charge in [-0.1, -0.05) is 67.7 Å². The topological polar surface area (TPSA) is 0 Å². The van der Waals surface area contributed by atoms with Gasteiger partial charge in [-0.15, -0.1) is 0 Å². The maximum Gasteiger partial charge on any atom is -0.0264 e. The van der Waals surface area contributed by atoms with Crippen LogP contribution >= 0.6 is 0 Å². The van der Waals surface area contributed by atoms with Crippen LogP contribution in [0.3, 0.4) is 0 Å². The maximum atomic E-state index is 2.76. The minimum atomic E-state index is 0.656. The van der Waals surface area contributed by atoms with Crippen LogP contribution in [0.15, 0.2) is 0 Å². The molecule has 4 aliphatic carbocycles. The normalized spacial score (nSPS) is 44.8. The van der Waals surface area contributed by atoms with Crippen molar-refractivity contribution in [1.29, 1.82) is 0 Å². The van der Waals surface area contributed by atoms with Crippen LogP contribution in [0.2, 0.25) is 0 Å². The summed E-state index contributed by atoms with van der Waals surface area (Å²) in [7, 11) is 0. The number of fused-ring (bicyclic) bond motifs is 5. The van der Waals surface area contributed by atoms with E-state index in [9.17, 15) is 0 Å². The van der Waals surface area contributed by atoms with E-state index in [0.717, 1.165) is 53.3 Å². The number of hydrogen-bond donors (Lipinski definition) is 0. The molecule has 0 bridgehead atoms. The summed E-state index contributed by atoms with van der Waals surface area (Å²) in [6, 6.07) is 0. The predicted molar refractivity (Wildman–Crippen MR) is 131 cm³/mol. The monoisotopic (exact) mass is 414 g/mol. The molecule has 0 aliphatic heterocycles. The third-order valence-electron chi connectivity index (χ3n) is 12.0. The van der Waals surface area contributed by atoms with Crippen LogP contribution in [0.1, 0.15) is 126 Å². The van der Waals surface area contributed by atoms with Gasteiger partial charge in [-0.05, 0) is 122 Å². The molecule has 0 aromatic rings. The minimum Gasteiger partial charge on any atom is -0.0625 e. The molecule has 0 spiro atoms. The lowest BCUT2D eigenvalue weighted by Gasteiger charge is -2.61. The molecule has 0 aromatic heterocycles. The van der Waals surface area contributed by atoms with Gasteiger partial charge >= 0.3 is 0 Å². The smallest absolute Gasteiger partial charge is 0.0264 e. The van der Waals surface area contributed by atoms with Crippen LogP contribution in [0.5, 0.6) is 0 Å². The number of rotatable bonds is 6. The highest BCUT2D eigenvalue weighted by Gasteiger charge is 2.60. The Balaban J connectivity index is 1.44. The van der Waals surface area contributed by atoms with Crippen molar-refractivity contribution in [3.05, 3.63) is 0 Å². The summed E-state index contributed by atoms with van der Waals surface area (Å²) in [4.78, 5) is 0. The molecule has 0 nitrogen and oxygen atoms in total.